The Hall–Kier alpha value is -3.10. The highest BCUT2D eigenvalue weighted by Crippen LogP contribution is 2.26. The van der Waals surface area contributed by atoms with Gasteiger partial charge in [0.15, 0.2) is 5.78 Å². The number of aliphatic carboxylic acids is 1. The minimum absolute atomic E-state index is 0.0667. The summed E-state index contributed by atoms with van der Waals surface area (Å²) >= 11 is 0. The van der Waals surface area contributed by atoms with E-state index in [0.29, 0.717) is 18.4 Å². The lowest BCUT2D eigenvalue weighted by atomic mass is 9.99. The number of carboxylic acids is 1. The molecule has 0 aliphatic rings. The molecule has 1 heterocycles. The molecular weight excluding hydrogens is 429 g/mol. The highest BCUT2D eigenvalue weighted by molar-refractivity contribution is 6.09. The van der Waals surface area contributed by atoms with E-state index < -0.39 is 41.3 Å². The van der Waals surface area contributed by atoms with Gasteiger partial charge in [0.25, 0.3) is 0 Å². The van der Waals surface area contributed by atoms with Gasteiger partial charge in [0.05, 0.1) is 0 Å². The van der Waals surface area contributed by atoms with E-state index in [1.54, 1.807) is 13.8 Å². The summed E-state index contributed by atoms with van der Waals surface area (Å²) < 4.78 is 41.8. The zero-order chi connectivity index (χ0) is 24.5. The molecule has 6 nitrogen and oxygen atoms in total. The molecule has 0 aliphatic heterocycles. The van der Waals surface area contributed by atoms with Gasteiger partial charge in [-0.05, 0) is 45.1 Å². The summed E-state index contributed by atoms with van der Waals surface area (Å²) in [6, 6.07) is 1.19. The largest absolute Gasteiger partial charge is 0.507 e. The summed E-state index contributed by atoms with van der Waals surface area (Å²) in [5, 5.41) is 18.8. The van der Waals surface area contributed by atoms with Crippen LogP contribution in [0.5, 0.6) is 5.75 Å². The number of rotatable bonds is 11. The summed E-state index contributed by atoms with van der Waals surface area (Å²) in [4.78, 5) is 35.3. The molecule has 9 heteroatoms. The van der Waals surface area contributed by atoms with Crippen molar-refractivity contribution in [1.29, 1.82) is 0 Å². The van der Waals surface area contributed by atoms with E-state index >= 15 is 0 Å². The van der Waals surface area contributed by atoms with Crippen molar-refractivity contribution in [1.82, 2.24) is 0 Å². The predicted octanol–water partition coefficient (Wildman–Crippen LogP) is 5.68. The monoisotopic (exact) mass is 456 g/mol. The van der Waals surface area contributed by atoms with Crippen molar-refractivity contribution in [2.24, 2.45) is 0 Å². The van der Waals surface area contributed by atoms with Gasteiger partial charge in [0.2, 0.25) is 0 Å². The van der Waals surface area contributed by atoms with Crippen LogP contribution in [0.1, 0.15) is 74.9 Å². The average molecular weight is 456 g/mol. The Morgan fingerprint density at radius 3 is 2.44 bits per heavy atom. The van der Waals surface area contributed by atoms with Crippen LogP contribution in [0.3, 0.4) is 0 Å². The zero-order valence-electron chi connectivity index (χ0n) is 18.2. The fourth-order valence-corrected chi connectivity index (χ4v) is 2.81. The molecule has 1 atom stereocenters. The summed E-state index contributed by atoms with van der Waals surface area (Å²) in [5.41, 5.74) is -0.777. The van der Waals surface area contributed by atoms with Gasteiger partial charge in [-0.15, -0.1) is 0 Å². The third-order valence-corrected chi connectivity index (χ3v) is 4.70. The Balaban J connectivity index is 2.90. The molecule has 0 bridgehead atoms. The van der Waals surface area contributed by atoms with Crippen LogP contribution in [0.4, 0.5) is 13.2 Å². The number of alkyl halides is 3. The van der Waals surface area contributed by atoms with E-state index in [9.17, 15) is 32.7 Å². The molecule has 0 radical (unpaired) electrons. The first-order chi connectivity index (χ1) is 14.8. The van der Waals surface area contributed by atoms with Gasteiger partial charge in [-0.3, -0.25) is 4.79 Å². The lowest BCUT2D eigenvalue weighted by Gasteiger charge is -2.11. The van der Waals surface area contributed by atoms with Gasteiger partial charge in [0.1, 0.15) is 17.1 Å². The van der Waals surface area contributed by atoms with Crippen LogP contribution >= 0.6 is 0 Å². The Bertz CT molecular complexity index is 967. The summed E-state index contributed by atoms with van der Waals surface area (Å²) in [5.74, 6) is -2.50. The van der Waals surface area contributed by atoms with Gasteiger partial charge in [-0.1, -0.05) is 30.7 Å². The predicted molar refractivity (Wildman–Crippen MR) is 113 cm³/mol. The molecule has 0 saturated heterocycles. The SMILES string of the molecule is CC(=CC=C(C)C(=O)c1c(O)cc(C(C)CCC=CC(=O)O)oc1=O)CCCC(F)(F)F. The van der Waals surface area contributed by atoms with Crippen LogP contribution in [0.25, 0.3) is 0 Å². The van der Waals surface area contributed by atoms with Crippen LogP contribution in [-0.2, 0) is 4.79 Å². The molecule has 0 saturated carbocycles. The molecular formula is C23H27F3O6. The number of carbonyl (C=O) groups is 2. The van der Waals surface area contributed by atoms with Crippen molar-refractivity contribution in [2.75, 3.05) is 0 Å². The molecule has 32 heavy (non-hydrogen) atoms. The molecule has 0 spiro atoms. The first-order valence-corrected chi connectivity index (χ1v) is 10.0. The lowest BCUT2D eigenvalue weighted by Crippen LogP contribution is -2.16. The minimum Gasteiger partial charge on any atom is -0.507 e. The maximum atomic E-state index is 12.6. The van der Waals surface area contributed by atoms with Crippen LogP contribution in [0.2, 0.25) is 0 Å². The summed E-state index contributed by atoms with van der Waals surface area (Å²) in [6.45, 7) is 4.79. The fourth-order valence-electron chi connectivity index (χ4n) is 2.81. The first kappa shape index (κ1) is 26.9. The molecule has 2 N–H and O–H groups in total. The molecule has 0 fully saturated rings. The number of Topliss-reactive ketones (excluding diaryl/α,β-unsaturated/α-hetero) is 1. The number of allylic oxidation sites excluding steroid dienone is 5. The van der Waals surface area contributed by atoms with Gasteiger partial charge < -0.3 is 14.6 Å². The average Bonchev–Trinajstić information content (AvgIpc) is 2.67. The van der Waals surface area contributed by atoms with Crippen molar-refractivity contribution >= 4 is 11.8 Å². The second-order valence-electron chi connectivity index (χ2n) is 7.58. The highest BCUT2D eigenvalue weighted by Gasteiger charge is 2.26. The molecule has 0 aromatic carbocycles. The van der Waals surface area contributed by atoms with Gasteiger partial charge in [0, 0.05) is 24.5 Å². The summed E-state index contributed by atoms with van der Waals surface area (Å²) in [6.07, 6.45) is 1.25. The topological polar surface area (TPSA) is 105 Å². The molecule has 1 rings (SSSR count). The number of hydrogen-bond donors (Lipinski definition) is 2. The van der Waals surface area contributed by atoms with Crippen molar-refractivity contribution in [2.45, 2.75) is 65.0 Å². The lowest BCUT2D eigenvalue weighted by molar-refractivity contribution is -0.135. The summed E-state index contributed by atoms with van der Waals surface area (Å²) in [7, 11) is 0. The second kappa shape index (κ2) is 12.1. The maximum absolute atomic E-state index is 12.6. The molecule has 1 aromatic rings. The normalized spacial score (nSPS) is 14.1. The fraction of sp³-hybridized carbons (Fsp3) is 0.435. The van der Waals surface area contributed by atoms with E-state index in [1.165, 1.54) is 31.2 Å². The minimum atomic E-state index is -4.22. The maximum Gasteiger partial charge on any atom is 0.389 e. The standard InChI is InChI=1S/C23H27F3O6/c1-14(7-6-12-23(24,25)26)10-11-16(3)21(30)20-17(27)13-18(32-22(20)31)15(2)8-4-5-9-19(28)29/h5,9-11,13,15,27H,4,6-8,12H2,1-3H3,(H,28,29). The van der Waals surface area contributed by atoms with Crippen LogP contribution in [0, 0.1) is 0 Å². The molecule has 1 aromatic heterocycles. The Morgan fingerprint density at radius 1 is 1.22 bits per heavy atom. The highest BCUT2D eigenvalue weighted by atomic mass is 19.4. The van der Waals surface area contributed by atoms with Gasteiger partial charge >= 0.3 is 17.8 Å². The smallest absolute Gasteiger partial charge is 0.389 e. The van der Waals surface area contributed by atoms with Gasteiger partial charge in [-0.25, -0.2) is 9.59 Å². The number of hydrogen-bond acceptors (Lipinski definition) is 5. The molecule has 0 amide bonds. The van der Waals surface area contributed by atoms with E-state index in [-0.39, 0.29) is 30.1 Å². The van der Waals surface area contributed by atoms with Crippen LogP contribution in [0.15, 0.2) is 50.7 Å². The third kappa shape index (κ3) is 9.36. The zero-order valence-corrected chi connectivity index (χ0v) is 18.2. The molecule has 176 valence electrons. The van der Waals surface area contributed by atoms with Crippen molar-refractivity contribution in [3.8, 4) is 5.75 Å². The van der Waals surface area contributed by atoms with E-state index in [4.69, 9.17) is 9.52 Å². The Morgan fingerprint density at radius 2 is 1.88 bits per heavy atom. The second-order valence-corrected chi connectivity index (χ2v) is 7.58. The first-order valence-electron chi connectivity index (χ1n) is 10.0. The van der Waals surface area contributed by atoms with Gasteiger partial charge in [-0.2, -0.15) is 13.2 Å². The van der Waals surface area contributed by atoms with E-state index in [2.05, 4.69) is 0 Å². The number of ketones is 1. The number of aromatic hydroxyl groups is 1. The van der Waals surface area contributed by atoms with Crippen molar-refractivity contribution in [3.05, 3.63) is 63.3 Å². The van der Waals surface area contributed by atoms with E-state index in [0.717, 1.165) is 6.08 Å². The molecule has 0 aliphatic carbocycles. The molecule has 1 unspecified atom stereocenters. The van der Waals surface area contributed by atoms with Crippen LogP contribution < -0.4 is 5.63 Å². The Kier molecular flexibility index (Phi) is 10.2. The number of carboxylic acid groups (broad SMARTS) is 1. The Labute approximate surface area is 183 Å². The third-order valence-electron chi connectivity index (χ3n) is 4.70. The quantitative estimate of drug-likeness (QED) is 0.252. The number of carbonyl (C=O) groups excluding carboxylic acids is 1. The van der Waals surface area contributed by atoms with Crippen LogP contribution in [-0.4, -0.2) is 28.1 Å². The van der Waals surface area contributed by atoms with Crippen molar-refractivity contribution in [3.63, 3.8) is 0 Å². The number of halogens is 3. The van der Waals surface area contributed by atoms with Crippen molar-refractivity contribution < 1.29 is 37.4 Å². The van der Waals surface area contributed by atoms with E-state index in [1.807, 2.05) is 0 Å².